The maximum Gasteiger partial charge on any atom is 0.317 e. The van der Waals surface area contributed by atoms with Gasteiger partial charge in [-0.3, -0.25) is 0 Å². The Labute approximate surface area is 176 Å². The first kappa shape index (κ1) is 21.0. The summed E-state index contributed by atoms with van der Waals surface area (Å²) in [5, 5.41) is 4.21. The van der Waals surface area contributed by atoms with Gasteiger partial charge < -0.3 is 15.0 Å². The zero-order chi connectivity index (χ0) is 20.3. The number of nitrogens with one attached hydrogen (secondary N) is 1. The van der Waals surface area contributed by atoms with Gasteiger partial charge in [-0.15, -0.1) is 0 Å². The van der Waals surface area contributed by atoms with Crippen LogP contribution in [0.3, 0.4) is 0 Å². The predicted octanol–water partition coefficient (Wildman–Crippen LogP) is 5.68. The van der Waals surface area contributed by atoms with Crippen LogP contribution in [0.2, 0.25) is 10.0 Å². The van der Waals surface area contributed by atoms with E-state index in [9.17, 15) is 4.79 Å². The Balaban J connectivity index is 1.70. The maximum absolute atomic E-state index is 12.4. The van der Waals surface area contributed by atoms with Crippen molar-refractivity contribution < 1.29 is 9.53 Å². The molecule has 1 unspecified atom stereocenters. The van der Waals surface area contributed by atoms with E-state index in [-0.39, 0.29) is 23.8 Å². The van der Waals surface area contributed by atoms with Crippen molar-refractivity contribution in [1.29, 1.82) is 0 Å². The summed E-state index contributed by atoms with van der Waals surface area (Å²) in [6.07, 6.45) is 0.512. The Morgan fingerprint density at radius 3 is 2.50 bits per heavy atom. The Kier molecular flexibility index (Phi) is 6.54. The summed E-state index contributed by atoms with van der Waals surface area (Å²) in [4.78, 5) is 14.2. The molecule has 1 aliphatic rings. The van der Waals surface area contributed by atoms with Crippen LogP contribution >= 0.6 is 23.2 Å². The fourth-order valence-electron chi connectivity index (χ4n) is 3.01. The van der Waals surface area contributed by atoms with Gasteiger partial charge in [-0.25, -0.2) is 4.79 Å². The van der Waals surface area contributed by atoms with Crippen LogP contribution in [0.1, 0.15) is 44.4 Å². The van der Waals surface area contributed by atoms with Gasteiger partial charge in [0.05, 0.1) is 19.2 Å². The number of rotatable bonds is 6. The Morgan fingerprint density at radius 2 is 1.89 bits per heavy atom. The Bertz CT molecular complexity index is 821. The molecule has 0 aromatic heterocycles. The molecule has 1 N–H and O–H groups in total. The highest BCUT2D eigenvalue weighted by Crippen LogP contribution is 2.35. The maximum atomic E-state index is 12.4. The lowest BCUT2D eigenvalue weighted by Gasteiger charge is -2.42. The molecule has 2 aromatic carbocycles. The summed E-state index contributed by atoms with van der Waals surface area (Å²) in [6, 6.07) is 15.3. The van der Waals surface area contributed by atoms with E-state index in [0.29, 0.717) is 23.1 Å². The van der Waals surface area contributed by atoms with Crippen molar-refractivity contribution in [2.45, 2.75) is 44.9 Å². The van der Waals surface area contributed by atoms with Crippen LogP contribution in [0.15, 0.2) is 48.5 Å². The topological polar surface area (TPSA) is 41.6 Å². The highest BCUT2D eigenvalue weighted by atomic mass is 35.5. The quantitative estimate of drug-likeness (QED) is 0.652. The zero-order valence-corrected chi connectivity index (χ0v) is 17.9. The summed E-state index contributed by atoms with van der Waals surface area (Å²) >= 11 is 12.5. The molecule has 0 aliphatic carbocycles. The number of hydrogen-bond donors (Lipinski definition) is 1. The molecule has 1 saturated heterocycles. The molecule has 1 fully saturated rings. The molecule has 6 heteroatoms. The molecule has 1 aliphatic heterocycles. The van der Waals surface area contributed by atoms with Crippen molar-refractivity contribution in [2.75, 3.05) is 13.1 Å². The molecule has 3 rings (SSSR count). The molecule has 0 radical (unpaired) electrons. The second-order valence-electron chi connectivity index (χ2n) is 7.79. The number of halogens is 2. The highest BCUT2D eigenvalue weighted by molar-refractivity contribution is 6.35. The summed E-state index contributed by atoms with van der Waals surface area (Å²) in [5.41, 5.74) is 1.67. The lowest BCUT2D eigenvalue weighted by molar-refractivity contribution is -0.0652. The first-order valence-corrected chi connectivity index (χ1v) is 10.3. The van der Waals surface area contributed by atoms with E-state index in [0.717, 1.165) is 17.5 Å². The second-order valence-corrected chi connectivity index (χ2v) is 8.63. The van der Waals surface area contributed by atoms with Crippen LogP contribution in [0.4, 0.5) is 4.79 Å². The van der Waals surface area contributed by atoms with Crippen LogP contribution in [0.25, 0.3) is 0 Å². The molecular weight excluding hydrogens is 395 g/mol. The number of urea groups is 1. The van der Waals surface area contributed by atoms with Gasteiger partial charge >= 0.3 is 6.03 Å². The lowest BCUT2D eigenvalue weighted by atomic mass is 10.00. The van der Waals surface area contributed by atoms with Crippen molar-refractivity contribution in [3.8, 4) is 0 Å². The number of ether oxygens (including phenoxy) is 1. The summed E-state index contributed by atoms with van der Waals surface area (Å²) in [7, 11) is 0. The van der Waals surface area contributed by atoms with E-state index in [2.05, 4.69) is 12.2 Å². The third-order valence-electron chi connectivity index (χ3n) is 5.14. The third-order valence-corrected chi connectivity index (χ3v) is 5.70. The van der Waals surface area contributed by atoms with Gasteiger partial charge in [-0.1, -0.05) is 66.5 Å². The van der Waals surface area contributed by atoms with E-state index in [4.69, 9.17) is 27.9 Å². The molecule has 28 heavy (non-hydrogen) atoms. The monoisotopic (exact) mass is 420 g/mol. The summed E-state index contributed by atoms with van der Waals surface area (Å²) in [6.45, 7) is 7.21. The van der Waals surface area contributed by atoms with Crippen molar-refractivity contribution in [1.82, 2.24) is 10.2 Å². The number of amides is 2. The molecule has 150 valence electrons. The number of carbonyl (C=O) groups is 1. The average Bonchev–Trinajstić information content (AvgIpc) is 2.62. The minimum absolute atomic E-state index is 0.0486. The standard InChI is InChI=1S/C22H26Cl2N2O2/c1-4-22(2,3)25-21(27)26-13-17(14-26)28-20(15-8-6-5-7-9-15)18-11-10-16(23)12-19(18)24/h5-12,17,20H,4,13-14H2,1-3H3,(H,25,27). The van der Waals surface area contributed by atoms with Crippen molar-refractivity contribution >= 4 is 29.2 Å². The second kappa shape index (κ2) is 8.73. The number of likely N-dealkylation sites (tertiary alicyclic amines) is 1. The molecule has 2 amide bonds. The van der Waals surface area contributed by atoms with Crippen LogP contribution < -0.4 is 5.32 Å². The van der Waals surface area contributed by atoms with E-state index in [1.165, 1.54) is 0 Å². The first-order chi connectivity index (χ1) is 13.3. The molecule has 0 spiro atoms. The lowest BCUT2D eigenvalue weighted by Crippen LogP contribution is -2.60. The number of benzene rings is 2. The van der Waals surface area contributed by atoms with Crippen LogP contribution in [0.5, 0.6) is 0 Å². The van der Waals surface area contributed by atoms with Gasteiger partial charge in [-0.05, 0) is 38.0 Å². The van der Waals surface area contributed by atoms with Crippen molar-refractivity contribution in [3.05, 3.63) is 69.7 Å². The van der Waals surface area contributed by atoms with E-state index in [1.54, 1.807) is 11.0 Å². The molecule has 4 nitrogen and oxygen atoms in total. The molecule has 0 bridgehead atoms. The number of carbonyl (C=O) groups excluding carboxylic acids is 1. The highest BCUT2D eigenvalue weighted by Gasteiger charge is 2.35. The van der Waals surface area contributed by atoms with Crippen LogP contribution in [-0.2, 0) is 4.74 Å². The normalized spacial score (nSPS) is 15.8. The van der Waals surface area contributed by atoms with Gasteiger partial charge in [0, 0.05) is 21.1 Å². The SMILES string of the molecule is CCC(C)(C)NC(=O)N1CC(OC(c2ccccc2)c2ccc(Cl)cc2Cl)C1. The number of hydrogen-bond acceptors (Lipinski definition) is 2. The minimum Gasteiger partial charge on any atom is -0.362 e. The molecular formula is C22H26Cl2N2O2. The van der Waals surface area contributed by atoms with Crippen LogP contribution in [-0.4, -0.2) is 35.7 Å². The predicted molar refractivity (Wildman–Crippen MR) is 114 cm³/mol. The molecule has 2 aromatic rings. The largest absolute Gasteiger partial charge is 0.362 e. The van der Waals surface area contributed by atoms with E-state index < -0.39 is 0 Å². The van der Waals surface area contributed by atoms with Gasteiger partial charge in [0.2, 0.25) is 0 Å². The van der Waals surface area contributed by atoms with E-state index >= 15 is 0 Å². The third kappa shape index (κ3) is 4.99. The Morgan fingerprint density at radius 1 is 1.21 bits per heavy atom. The molecule has 1 heterocycles. The zero-order valence-electron chi connectivity index (χ0n) is 16.4. The molecule has 0 saturated carbocycles. The first-order valence-electron chi connectivity index (χ1n) is 9.51. The smallest absolute Gasteiger partial charge is 0.317 e. The van der Waals surface area contributed by atoms with Gasteiger partial charge in [0.1, 0.15) is 6.10 Å². The van der Waals surface area contributed by atoms with Crippen LogP contribution in [0, 0.1) is 0 Å². The van der Waals surface area contributed by atoms with Gasteiger partial charge in [0.25, 0.3) is 0 Å². The van der Waals surface area contributed by atoms with Gasteiger partial charge in [0.15, 0.2) is 0 Å². The summed E-state index contributed by atoms with van der Waals surface area (Å²) < 4.78 is 6.37. The fourth-order valence-corrected chi connectivity index (χ4v) is 3.52. The van der Waals surface area contributed by atoms with Crippen molar-refractivity contribution in [3.63, 3.8) is 0 Å². The minimum atomic E-state index is -0.312. The van der Waals surface area contributed by atoms with Gasteiger partial charge in [-0.2, -0.15) is 0 Å². The number of nitrogens with zero attached hydrogens (tertiary/aromatic N) is 1. The van der Waals surface area contributed by atoms with Crippen molar-refractivity contribution in [2.24, 2.45) is 0 Å². The Hall–Kier alpha value is -1.75. The van der Waals surface area contributed by atoms with E-state index in [1.807, 2.05) is 56.3 Å². The molecule has 1 atom stereocenters. The average molecular weight is 421 g/mol. The summed E-state index contributed by atoms with van der Waals surface area (Å²) in [5.74, 6) is 0. The fraction of sp³-hybridized carbons (Fsp3) is 0.409.